The molecule has 0 fully saturated rings. The highest BCUT2D eigenvalue weighted by Gasteiger charge is 2.25. The van der Waals surface area contributed by atoms with Crippen molar-refractivity contribution in [1.82, 2.24) is 4.90 Å². The van der Waals surface area contributed by atoms with Crippen LogP contribution in [-0.2, 0) is 6.54 Å². The number of rotatable bonds is 6. The summed E-state index contributed by atoms with van der Waals surface area (Å²) in [5.41, 5.74) is 6.45. The van der Waals surface area contributed by atoms with Gasteiger partial charge in [-0.25, -0.2) is 0 Å². The van der Waals surface area contributed by atoms with Gasteiger partial charge in [-0.3, -0.25) is 14.5 Å². The van der Waals surface area contributed by atoms with Crippen LogP contribution in [0.3, 0.4) is 0 Å². The van der Waals surface area contributed by atoms with Crippen molar-refractivity contribution in [3.8, 4) is 5.75 Å². The summed E-state index contributed by atoms with van der Waals surface area (Å²) in [7, 11) is 0. The SMILES string of the molecule is CC(C)(C)N(CC(=O)c1ccc(O)c(C(N)=O)c1)Cc1ccccc1. The molecule has 0 spiro atoms. The third-order valence-electron chi connectivity index (χ3n) is 4.08. The summed E-state index contributed by atoms with van der Waals surface area (Å²) in [5, 5.41) is 9.67. The standard InChI is InChI=1S/C20H24N2O3/c1-20(2,3)22(12-14-7-5-4-6-8-14)13-18(24)15-9-10-17(23)16(11-15)19(21)25/h4-11,23H,12-13H2,1-3H3,(H2,21,25). The lowest BCUT2D eigenvalue weighted by Gasteiger charge is -2.35. The summed E-state index contributed by atoms with van der Waals surface area (Å²) in [6, 6.07) is 14.1. The van der Waals surface area contributed by atoms with E-state index in [4.69, 9.17) is 5.73 Å². The van der Waals surface area contributed by atoms with Gasteiger partial charge < -0.3 is 10.8 Å². The van der Waals surface area contributed by atoms with Crippen molar-refractivity contribution >= 4 is 11.7 Å². The summed E-state index contributed by atoms with van der Waals surface area (Å²) in [5.74, 6) is -1.11. The lowest BCUT2D eigenvalue weighted by Crippen LogP contribution is -2.43. The fraction of sp³-hybridized carbons (Fsp3) is 0.300. The molecule has 5 nitrogen and oxygen atoms in total. The van der Waals surface area contributed by atoms with Crippen molar-refractivity contribution in [2.75, 3.05) is 6.54 Å². The molecule has 2 aromatic rings. The summed E-state index contributed by atoms with van der Waals surface area (Å²) >= 11 is 0. The van der Waals surface area contributed by atoms with E-state index in [9.17, 15) is 14.7 Å². The van der Waals surface area contributed by atoms with Crippen molar-refractivity contribution in [3.05, 3.63) is 65.2 Å². The van der Waals surface area contributed by atoms with Gasteiger partial charge in [0.1, 0.15) is 5.75 Å². The molecule has 1 amide bonds. The van der Waals surface area contributed by atoms with Crippen molar-refractivity contribution in [2.24, 2.45) is 5.73 Å². The average molecular weight is 340 g/mol. The first-order valence-electron chi connectivity index (χ1n) is 8.13. The van der Waals surface area contributed by atoms with E-state index in [1.165, 1.54) is 18.2 Å². The van der Waals surface area contributed by atoms with E-state index >= 15 is 0 Å². The van der Waals surface area contributed by atoms with Gasteiger partial charge >= 0.3 is 0 Å². The smallest absolute Gasteiger partial charge is 0.252 e. The second-order valence-electron chi connectivity index (χ2n) is 7.03. The molecule has 5 heteroatoms. The Bertz CT molecular complexity index is 764. The number of nitrogens with two attached hydrogens (primary N) is 1. The second kappa shape index (κ2) is 7.49. The van der Waals surface area contributed by atoms with Crippen LogP contribution in [0.1, 0.15) is 47.1 Å². The van der Waals surface area contributed by atoms with Gasteiger partial charge in [-0.15, -0.1) is 0 Å². The third kappa shape index (κ3) is 4.90. The van der Waals surface area contributed by atoms with E-state index in [0.717, 1.165) is 5.56 Å². The Hall–Kier alpha value is -2.66. The van der Waals surface area contributed by atoms with Crippen molar-refractivity contribution in [1.29, 1.82) is 0 Å². The fourth-order valence-electron chi connectivity index (χ4n) is 2.51. The topological polar surface area (TPSA) is 83.6 Å². The van der Waals surface area contributed by atoms with Crippen LogP contribution < -0.4 is 5.73 Å². The van der Waals surface area contributed by atoms with Crippen LogP contribution >= 0.6 is 0 Å². The third-order valence-corrected chi connectivity index (χ3v) is 4.08. The monoisotopic (exact) mass is 340 g/mol. The first kappa shape index (κ1) is 18.7. The van der Waals surface area contributed by atoms with Crippen LogP contribution in [0, 0.1) is 0 Å². The number of hydrogen-bond donors (Lipinski definition) is 2. The minimum Gasteiger partial charge on any atom is -0.507 e. The Morgan fingerprint density at radius 3 is 2.28 bits per heavy atom. The molecule has 3 N–H and O–H groups in total. The van der Waals surface area contributed by atoms with Gasteiger partial charge in [0, 0.05) is 17.6 Å². The van der Waals surface area contributed by atoms with E-state index in [1.807, 2.05) is 30.3 Å². The van der Waals surface area contributed by atoms with Gasteiger partial charge in [-0.2, -0.15) is 0 Å². The van der Waals surface area contributed by atoms with Gasteiger partial charge in [-0.1, -0.05) is 30.3 Å². The number of amides is 1. The molecule has 0 saturated heterocycles. The molecule has 0 aliphatic heterocycles. The van der Waals surface area contributed by atoms with Crippen LogP contribution in [0.4, 0.5) is 0 Å². The highest BCUT2D eigenvalue weighted by molar-refractivity contribution is 6.02. The van der Waals surface area contributed by atoms with Crippen LogP contribution in [-0.4, -0.2) is 33.8 Å². The van der Waals surface area contributed by atoms with E-state index in [0.29, 0.717) is 12.1 Å². The number of aromatic hydroxyl groups is 1. The number of benzene rings is 2. The summed E-state index contributed by atoms with van der Waals surface area (Å²) in [4.78, 5) is 26.1. The Kier molecular flexibility index (Phi) is 5.59. The molecule has 2 aromatic carbocycles. The molecule has 0 aliphatic rings. The van der Waals surface area contributed by atoms with Crippen LogP contribution in [0.2, 0.25) is 0 Å². The lowest BCUT2D eigenvalue weighted by molar-refractivity contribution is 0.0793. The molecule has 2 rings (SSSR count). The maximum absolute atomic E-state index is 12.7. The van der Waals surface area contributed by atoms with E-state index in [2.05, 4.69) is 25.7 Å². The van der Waals surface area contributed by atoms with Gasteiger partial charge in [0.15, 0.2) is 5.78 Å². The Morgan fingerprint density at radius 2 is 1.72 bits per heavy atom. The molecule has 0 saturated carbocycles. The summed E-state index contributed by atoms with van der Waals surface area (Å²) < 4.78 is 0. The fourth-order valence-corrected chi connectivity index (χ4v) is 2.51. The average Bonchev–Trinajstić information content (AvgIpc) is 2.54. The molecular weight excluding hydrogens is 316 g/mol. The molecular formula is C20H24N2O3. The zero-order valence-corrected chi connectivity index (χ0v) is 14.8. The molecule has 0 unspecified atom stereocenters. The molecule has 132 valence electrons. The number of nitrogens with zero attached hydrogens (tertiary/aromatic N) is 1. The number of carbonyl (C=O) groups excluding carboxylic acids is 2. The number of ketones is 1. The maximum Gasteiger partial charge on any atom is 0.252 e. The minimum atomic E-state index is -0.760. The number of hydrogen-bond acceptors (Lipinski definition) is 4. The van der Waals surface area contributed by atoms with Crippen LogP contribution in [0.15, 0.2) is 48.5 Å². The summed E-state index contributed by atoms with van der Waals surface area (Å²) in [6.07, 6.45) is 0. The predicted molar refractivity (Wildman–Crippen MR) is 97.6 cm³/mol. The van der Waals surface area contributed by atoms with Gasteiger partial charge in [0.25, 0.3) is 5.91 Å². The van der Waals surface area contributed by atoms with Crippen molar-refractivity contribution in [3.63, 3.8) is 0 Å². The largest absolute Gasteiger partial charge is 0.507 e. The van der Waals surface area contributed by atoms with E-state index in [1.54, 1.807) is 0 Å². The second-order valence-corrected chi connectivity index (χ2v) is 7.03. The first-order valence-corrected chi connectivity index (χ1v) is 8.13. The number of phenols is 1. The Balaban J connectivity index is 2.22. The molecule has 0 aromatic heterocycles. The molecule has 0 aliphatic carbocycles. The normalized spacial score (nSPS) is 11.5. The quantitative estimate of drug-likeness (QED) is 0.792. The number of primary amides is 1. The molecule has 0 atom stereocenters. The highest BCUT2D eigenvalue weighted by atomic mass is 16.3. The highest BCUT2D eigenvalue weighted by Crippen LogP contribution is 2.21. The van der Waals surface area contributed by atoms with Crippen molar-refractivity contribution < 1.29 is 14.7 Å². The first-order chi connectivity index (χ1) is 11.7. The maximum atomic E-state index is 12.7. The van der Waals surface area contributed by atoms with Gasteiger partial charge in [-0.05, 0) is 44.5 Å². The molecule has 0 radical (unpaired) electrons. The minimum absolute atomic E-state index is 0.0452. The number of carbonyl (C=O) groups is 2. The summed E-state index contributed by atoms with van der Waals surface area (Å²) in [6.45, 7) is 6.98. The van der Waals surface area contributed by atoms with Crippen LogP contribution in [0.5, 0.6) is 5.75 Å². The van der Waals surface area contributed by atoms with Crippen molar-refractivity contribution in [2.45, 2.75) is 32.9 Å². The zero-order chi connectivity index (χ0) is 18.6. The molecule has 25 heavy (non-hydrogen) atoms. The number of Topliss-reactive ketones (excluding diaryl/α,β-unsaturated/α-hetero) is 1. The van der Waals surface area contributed by atoms with E-state index < -0.39 is 5.91 Å². The predicted octanol–water partition coefficient (Wildman–Crippen LogP) is 2.97. The van der Waals surface area contributed by atoms with Gasteiger partial charge in [0.2, 0.25) is 0 Å². The molecule has 0 bridgehead atoms. The van der Waals surface area contributed by atoms with Gasteiger partial charge in [0.05, 0.1) is 12.1 Å². The van der Waals surface area contributed by atoms with Crippen LogP contribution in [0.25, 0.3) is 0 Å². The zero-order valence-electron chi connectivity index (χ0n) is 14.8. The van der Waals surface area contributed by atoms with E-state index in [-0.39, 0.29) is 29.2 Å². The lowest BCUT2D eigenvalue weighted by atomic mass is 10.0. The Labute approximate surface area is 148 Å². The Morgan fingerprint density at radius 1 is 1.08 bits per heavy atom. The molecule has 0 heterocycles.